The number of aliphatic hydroxyl groups is 1. The molecule has 0 bridgehead atoms. The van der Waals surface area contributed by atoms with Gasteiger partial charge in [-0.05, 0) is 305 Å². The van der Waals surface area contributed by atoms with E-state index in [-0.39, 0.29) is 88.2 Å². The molecule has 15 rings (SSSR count). The Morgan fingerprint density at radius 1 is 0.623 bits per heavy atom. The molecule has 10 aliphatic carbocycles. The smallest absolute Gasteiger partial charge is 0.410 e. The Morgan fingerprint density at radius 2 is 1.01 bits per heavy atom. The highest BCUT2D eigenvalue weighted by atomic mass is 35.5. The molecule has 1 aromatic carbocycles. The Morgan fingerprint density at radius 3 is 1.36 bits per heavy atom. The van der Waals surface area contributed by atoms with Gasteiger partial charge in [0.25, 0.3) is 5.69 Å². The van der Waals surface area contributed by atoms with E-state index >= 15 is 0 Å². The van der Waals surface area contributed by atoms with Crippen molar-refractivity contribution in [2.45, 2.75) is 339 Å². The lowest BCUT2D eigenvalue weighted by molar-refractivity contribution is -0.384. The van der Waals surface area contributed by atoms with E-state index in [1.54, 1.807) is 0 Å². The molecule has 1 amide bonds. The van der Waals surface area contributed by atoms with Crippen LogP contribution in [0.4, 0.5) is 15.3 Å². The predicted octanol–water partition coefficient (Wildman–Crippen LogP) is 22.4. The van der Waals surface area contributed by atoms with Gasteiger partial charge < -0.3 is 43.1 Å². The van der Waals surface area contributed by atoms with Crippen molar-refractivity contribution < 1.29 is 47.4 Å². The van der Waals surface area contributed by atoms with E-state index in [2.05, 4.69) is 148 Å². The van der Waals surface area contributed by atoms with Crippen LogP contribution in [0.25, 0.3) is 0 Å². The Hall–Kier alpha value is -2.39. The largest absolute Gasteiger partial charge is 0.439 e. The number of carbonyl (C=O) groups is 2. The minimum atomic E-state index is -1.97. The van der Waals surface area contributed by atoms with Gasteiger partial charge in [-0.1, -0.05) is 138 Å². The van der Waals surface area contributed by atoms with E-state index in [4.69, 9.17) is 34.7 Å². The zero-order valence-corrected chi connectivity index (χ0v) is 73.2. The third kappa shape index (κ3) is 13.0. The van der Waals surface area contributed by atoms with Crippen molar-refractivity contribution in [1.29, 1.82) is 0 Å². The van der Waals surface area contributed by atoms with E-state index in [0.717, 1.165) is 91.2 Å². The molecule has 4 heterocycles. The van der Waals surface area contributed by atoms with Gasteiger partial charge in [0.1, 0.15) is 11.9 Å². The van der Waals surface area contributed by atoms with Gasteiger partial charge in [-0.25, -0.2) is 9.59 Å². The molecule has 14 fully saturated rings. The van der Waals surface area contributed by atoms with Gasteiger partial charge in [0.15, 0.2) is 22.7 Å². The number of rotatable bonds is 17. The number of benzene rings is 1. The standard InChI is InChI=1S/C41H69NO4Si.C37H64O3Si.C7H4ClNO4.C3H7N.ClH/c1-12-47(13-2,14-3)46-35-34-32(27(6)24-29(44-34)33(26(4)5)45-36(43)42-22-15-23-42)38(10)20-21-41-25-40(41)19-18-28(7)37(8,9)30(40)16-17-31(41)39(35,38)11;1-12-41(13-2,14-3)40-32-31-29(24(6)21-26(39-31)30(38)23(4)5)34(10)19-20-37-22-36(37)18-17-25(7)33(8,9)27(36)15-16-28(37)35(32,34)11;8-7(10)13-6-3-1-5(2-4-6)9(11)12;1-2-4-3-1;/h27-35H,4,12-25H2,1-3,5-11H3;24-32,38H,4,12-22H2,1-3,5-11H3;1-4H;4H,1-3H2;1H/t27-,28+,29-,30+,31+,32+,33-,34+,35+,38-,39-,40?,41+;24-,25+,26-,27+,28+,29+,30-,31+,32+,34-,35-,36?,37+;;;/m11.../s1. The van der Waals surface area contributed by atoms with Crippen molar-refractivity contribution in [2.24, 2.45) is 113 Å². The van der Waals surface area contributed by atoms with Crippen LogP contribution in [0.5, 0.6) is 5.75 Å². The summed E-state index contributed by atoms with van der Waals surface area (Å²) >= 11 is 4.92. The predicted molar refractivity (Wildman–Crippen MR) is 434 cm³/mol. The van der Waals surface area contributed by atoms with Crippen LogP contribution in [-0.4, -0.2) is 118 Å². The van der Waals surface area contributed by atoms with Crippen LogP contribution in [0.15, 0.2) is 48.6 Å². The summed E-state index contributed by atoms with van der Waals surface area (Å²) in [4.78, 5) is 34.9. The number of nitro benzene ring substituents is 1. The minimum Gasteiger partial charge on any atom is -0.439 e. The zero-order chi connectivity index (χ0) is 76.6. The number of hydrogen-bond donors (Lipinski definition) is 2. The number of ether oxygens (including phenoxy) is 4. The lowest BCUT2D eigenvalue weighted by Crippen LogP contribution is -2.60. The number of nitrogens with zero attached hydrogens (tertiary/aromatic N) is 2. The van der Waals surface area contributed by atoms with Gasteiger partial charge in [0.2, 0.25) is 0 Å². The summed E-state index contributed by atoms with van der Waals surface area (Å²) in [5.74, 6) is 6.91. The van der Waals surface area contributed by atoms with Crippen molar-refractivity contribution in [3.05, 3.63) is 58.7 Å². The SMILES string of the molecule is C1CNC1.C=C(C)[C@@H](O)[C@H]1C[C@@H](C)[C@H]2[C@H](O1)[C@H](O[Si](CC)(CC)CC)[C@@]1(C)[C@@H]3CC[C@H]4C(C)(C)[C@@H](C)CCC45C[C@@]35CC[C@]21C.C=C(C)[C@@H](OC(=O)N1CCC1)[C@H]1C[C@@H](C)[C@H]2[C@H](O1)[C@H](O[Si](CC)(CC)CC)[C@@]1(C)[C@@H]3CC[C@H]4C(C)(C)[C@@H](C)CCC45C[C@@]35CC[C@]21C.Cl.O=C(Cl)Oc1ccc([N+](=O)[O-])cc1. The number of likely N-dealkylation sites (tertiary alicyclic amines) is 1. The van der Waals surface area contributed by atoms with Gasteiger partial charge in [-0.2, -0.15) is 0 Å². The number of non-ortho nitro benzene ring substituents is 1. The van der Waals surface area contributed by atoms with Gasteiger partial charge in [0.05, 0.1) is 41.5 Å². The highest BCUT2D eigenvalue weighted by molar-refractivity contribution is 6.74. The molecular weight excluding hydrogens is 1400 g/mol. The van der Waals surface area contributed by atoms with Crippen LogP contribution < -0.4 is 10.1 Å². The molecule has 1 aromatic rings. The van der Waals surface area contributed by atoms with E-state index in [0.29, 0.717) is 62.1 Å². The summed E-state index contributed by atoms with van der Waals surface area (Å²) in [7, 11) is -3.88. The monoisotopic (exact) mass is 1550 g/mol. The molecule has 0 aromatic heterocycles. The van der Waals surface area contributed by atoms with E-state index in [1.807, 2.05) is 18.7 Å². The summed E-state index contributed by atoms with van der Waals surface area (Å²) in [5, 5.41) is 24.5. The maximum absolute atomic E-state index is 13.1. The van der Waals surface area contributed by atoms with Crippen molar-refractivity contribution >= 4 is 57.9 Å². The Balaban J connectivity index is 0.000000173. The van der Waals surface area contributed by atoms with Crippen LogP contribution in [-0.2, 0) is 23.1 Å². The van der Waals surface area contributed by atoms with E-state index in [1.165, 1.54) is 152 Å². The summed E-state index contributed by atoms with van der Waals surface area (Å²) in [5.41, 5.74) is 4.18. The van der Waals surface area contributed by atoms with Gasteiger partial charge in [-0.3, -0.25) is 10.1 Å². The molecule has 0 radical (unpaired) electrons. The molecule has 26 atom stereocenters. The van der Waals surface area contributed by atoms with E-state index < -0.39 is 39.2 Å². The van der Waals surface area contributed by atoms with Gasteiger partial charge >= 0.3 is 11.5 Å². The molecule has 14 aliphatic rings. The Kier molecular flexibility index (Phi) is 24.3. The fraction of sp³-hybridized carbons (Fsp3) is 0.864. The number of amides is 1. The third-order valence-corrected chi connectivity index (χ3v) is 45.6. The minimum absolute atomic E-state index is 0. The highest BCUT2D eigenvalue weighted by Gasteiger charge is 2.87. The first-order valence-corrected chi connectivity index (χ1v) is 48.2. The molecule has 600 valence electrons. The lowest BCUT2D eigenvalue weighted by Gasteiger charge is -2.64. The van der Waals surface area contributed by atoms with Gasteiger partial charge in [0, 0.05) is 47.7 Å². The Labute approximate surface area is 654 Å². The number of hydrogen-bond acceptors (Lipinski definition) is 12. The van der Waals surface area contributed by atoms with Crippen LogP contribution in [0.2, 0.25) is 36.3 Å². The second-order valence-electron chi connectivity index (χ2n) is 40.1. The number of carbonyl (C=O) groups excluding carboxylic acids is 2. The highest BCUT2D eigenvalue weighted by Crippen LogP contribution is 2.92. The van der Waals surface area contributed by atoms with Crippen LogP contribution in [0.3, 0.4) is 0 Å². The average molecular weight is 1550 g/mol. The molecule has 4 saturated heterocycles. The summed E-state index contributed by atoms with van der Waals surface area (Å²) < 4.78 is 41.1. The summed E-state index contributed by atoms with van der Waals surface area (Å²) in [6.07, 6.45) is 22.7. The number of fused-ring (bicyclic) bond motifs is 8. The first-order chi connectivity index (χ1) is 49.3. The second-order valence-corrected chi connectivity index (χ2v) is 49.8. The van der Waals surface area contributed by atoms with Crippen molar-refractivity contribution in [2.75, 3.05) is 26.2 Å². The van der Waals surface area contributed by atoms with Crippen molar-refractivity contribution in [3.63, 3.8) is 0 Å². The first kappa shape index (κ1) is 84.5. The van der Waals surface area contributed by atoms with Gasteiger partial charge in [-0.15, -0.1) is 12.4 Å². The van der Waals surface area contributed by atoms with Crippen LogP contribution in [0, 0.1) is 123 Å². The number of aliphatic hydroxyl groups excluding tert-OH is 1. The third-order valence-electron chi connectivity index (χ3n) is 36.3. The molecule has 2 unspecified atom stereocenters. The fourth-order valence-electron chi connectivity index (χ4n) is 28.7. The topological polar surface area (TPSA) is 168 Å². The van der Waals surface area contributed by atoms with E-state index in [9.17, 15) is 24.8 Å². The lowest BCUT2D eigenvalue weighted by atomic mass is 9.41. The Bertz CT molecular complexity index is 3340. The zero-order valence-electron chi connectivity index (χ0n) is 69.6. The average Bonchev–Trinajstić information content (AvgIpc) is 1.46. The molecule has 106 heavy (non-hydrogen) atoms. The second kappa shape index (κ2) is 30.4. The fourth-order valence-corrected chi connectivity index (χ4v) is 34.6. The molecule has 18 heteroatoms. The number of halogens is 2. The molecule has 4 aliphatic heterocycles. The molecule has 2 N–H and O–H groups in total. The molecular formula is C88H145Cl2N3O11Si2. The summed E-state index contributed by atoms with van der Waals surface area (Å²) in [6.45, 7) is 62.2. The van der Waals surface area contributed by atoms with Crippen molar-refractivity contribution in [3.8, 4) is 5.75 Å². The first-order valence-electron chi connectivity index (χ1n) is 42.8. The number of nitro groups is 1. The summed E-state index contributed by atoms with van der Waals surface area (Å²) in [6, 6.07) is 12.0. The van der Waals surface area contributed by atoms with Crippen LogP contribution in [0.1, 0.15) is 254 Å². The quantitative estimate of drug-likeness (QED) is 0.0499. The van der Waals surface area contributed by atoms with Crippen LogP contribution >= 0.6 is 24.0 Å². The van der Waals surface area contributed by atoms with Crippen molar-refractivity contribution in [1.82, 2.24) is 10.2 Å². The maximum atomic E-state index is 13.1. The normalized spacial score (nSPS) is 43.8. The molecule has 10 saturated carbocycles. The number of nitrogens with one attached hydrogen (secondary N) is 1. The molecule has 14 nitrogen and oxygen atoms in total. The molecule has 4 spiro atoms. The maximum Gasteiger partial charge on any atom is 0.410 e.